The largest absolute Gasteiger partial charge is 0.489 e. The molecule has 0 fully saturated rings. The third-order valence-corrected chi connectivity index (χ3v) is 5.94. The number of hydrogen-bond acceptors (Lipinski definition) is 3. The Morgan fingerprint density at radius 1 is 1.03 bits per heavy atom. The predicted molar refractivity (Wildman–Crippen MR) is 133 cm³/mol. The summed E-state index contributed by atoms with van der Waals surface area (Å²) in [6.07, 6.45) is 3.31. The van der Waals surface area contributed by atoms with Crippen LogP contribution in [0.5, 0.6) is 5.75 Å². The molecule has 4 rings (SSSR count). The number of aryl methyl sites for hydroxylation is 1. The highest BCUT2D eigenvalue weighted by Gasteiger charge is 2.11. The van der Waals surface area contributed by atoms with Gasteiger partial charge in [0.2, 0.25) is 0 Å². The Hall–Kier alpha value is -2.99. The molecule has 0 aliphatic rings. The summed E-state index contributed by atoms with van der Waals surface area (Å²) in [5, 5.41) is 8.95. The zero-order valence-electron chi connectivity index (χ0n) is 17.7. The molecule has 33 heavy (non-hydrogen) atoms. The molecule has 0 aliphatic heterocycles. The lowest BCUT2D eigenvalue weighted by Gasteiger charge is -2.10. The van der Waals surface area contributed by atoms with Crippen LogP contribution < -0.4 is 10.1 Å². The molecule has 3 aromatic carbocycles. The molecule has 8 heteroatoms. The summed E-state index contributed by atoms with van der Waals surface area (Å²) in [7, 11) is 0. The van der Waals surface area contributed by atoms with Gasteiger partial charge in [-0.15, -0.1) is 0 Å². The molecule has 0 spiro atoms. The lowest BCUT2D eigenvalue weighted by molar-refractivity contribution is 0.102. The third-order valence-electron chi connectivity index (χ3n) is 4.99. The van der Waals surface area contributed by atoms with Crippen molar-refractivity contribution in [2.24, 2.45) is 0 Å². The average molecular weight is 501 g/mol. The Balaban J connectivity index is 1.40. The first-order chi connectivity index (χ1) is 15.9. The van der Waals surface area contributed by atoms with Crippen molar-refractivity contribution in [1.82, 2.24) is 9.78 Å². The van der Waals surface area contributed by atoms with Gasteiger partial charge in [0, 0.05) is 32.4 Å². The van der Waals surface area contributed by atoms with Gasteiger partial charge in [-0.2, -0.15) is 5.10 Å². The van der Waals surface area contributed by atoms with Crippen molar-refractivity contribution in [3.05, 3.63) is 110 Å². The van der Waals surface area contributed by atoms with Crippen LogP contribution >= 0.6 is 34.8 Å². The fraction of sp³-hybridized carbons (Fsp3) is 0.120. The van der Waals surface area contributed by atoms with Gasteiger partial charge in [-0.05, 0) is 60.5 Å². The SMILES string of the molecule is Cc1cc(Cl)ccc1OCc1cccc(C(=O)Nc2cnn(Cc3c(Cl)cccc3Cl)c2)c1. The van der Waals surface area contributed by atoms with Crippen molar-refractivity contribution in [2.75, 3.05) is 5.32 Å². The standard InChI is InChI=1S/C25H20Cl3N3O2/c1-16-10-19(26)8-9-24(16)33-15-17-4-2-5-18(11-17)25(32)30-20-12-29-31(13-20)14-21-22(27)6-3-7-23(21)28/h2-13H,14-15H2,1H3,(H,30,32). The van der Waals surface area contributed by atoms with Crippen molar-refractivity contribution in [1.29, 1.82) is 0 Å². The summed E-state index contributed by atoms with van der Waals surface area (Å²) in [6.45, 7) is 2.66. The van der Waals surface area contributed by atoms with E-state index in [1.54, 1.807) is 53.5 Å². The van der Waals surface area contributed by atoms with Crippen LogP contribution in [-0.2, 0) is 13.2 Å². The van der Waals surface area contributed by atoms with Gasteiger partial charge in [-0.25, -0.2) is 0 Å². The molecule has 0 unspecified atom stereocenters. The molecule has 0 radical (unpaired) electrons. The third kappa shape index (κ3) is 5.88. The van der Waals surface area contributed by atoms with Crippen molar-refractivity contribution in [3.8, 4) is 5.75 Å². The minimum atomic E-state index is -0.241. The van der Waals surface area contributed by atoms with Crippen LogP contribution in [0.2, 0.25) is 15.1 Å². The van der Waals surface area contributed by atoms with Gasteiger partial charge in [0.25, 0.3) is 5.91 Å². The summed E-state index contributed by atoms with van der Waals surface area (Å²) in [5.41, 5.74) is 3.69. The van der Waals surface area contributed by atoms with E-state index in [1.165, 1.54) is 0 Å². The van der Waals surface area contributed by atoms with Crippen LogP contribution in [-0.4, -0.2) is 15.7 Å². The van der Waals surface area contributed by atoms with E-state index in [2.05, 4.69) is 10.4 Å². The minimum absolute atomic E-state index is 0.241. The zero-order chi connectivity index (χ0) is 23.4. The lowest BCUT2D eigenvalue weighted by Crippen LogP contribution is -2.12. The van der Waals surface area contributed by atoms with Crippen molar-refractivity contribution in [3.63, 3.8) is 0 Å². The topological polar surface area (TPSA) is 56.1 Å². The number of ether oxygens (including phenoxy) is 1. The van der Waals surface area contributed by atoms with Crippen molar-refractivity contribution in [2.45, 2.75) is 20.1 Å². The number of rotatable bonds is 7. The first-order valence-corrected chi connectivity index (χ1v) is 11.3. The first-order valence-electron chi connectivity index (χ1n) is 10.1. The second-order valence-electron chi connectivity index (χ2n) is 7.48. The smallest absolute Gasteiger partial charge is 0.255 e. The molecule has 4 aromatic rings. The highest BCUT2D eigenvalue weighted by molar-refractivity contribution is 6.36. The molecule has 168 valence electrons. The Bertz CT molecular complexity index is 1280. The summed E-state index contributed by atoms with van der Waals surface area (Å²) in [6, 6.07) is 18.1. The predicted octanol–water partition coefficient (Wildman–Crippen LogP) is 7.03. The Morgan fingerprint density at radius 3 is 2.55 bits per heavy atom. The highest BCUT2D eigenvalue weighted by atomic mass is 35.5. The Labute approximate surface area is 206 Å². The van der Waals surface area contributed by atoms with Crippen LogP contribution in [0, 0.1) is 6.92 Å². The van der Waals surface area contributed by atoms with E-state index >= 15 is 0 Å². The number of amides is 1. The van der Waals surface area contributed by atoms with Crippen LogP contribution in [0.3, 0.4) is 0 Å². The van der Waals surface area contributed by atoms with Gasteiger partial charge in [0.15, 0.2) is 0 Å². The number of carbonyl (C=O) groups excluding carboxylic acids is 1. The van der Waals surface area contributed by atoms with E-state index in [-0.39, 0.29) is 5.91 Å². The number of nitrogens with zero attached hydrogens (tertiary/aromatic N) is 2. The van der Waals surface area contributed by atoms with E-state index < -0.39 is 0 Å². The van der Waals surface area contributed by atoms with Crippen molar-refractivity contribution >= 4 is 46.4 Å². The monoisotopic (exact) mass is 499 g/mol. The van der Waals surface area contributed by atoms with Gasteiger partial charge < -0.3 is 10.1 Å². The van der Waals surface area contributed by atoms with Gasteiger partial charge in [-0.3, -0.25) is 9.48 Å². The molecule has 0 saturated carbocycles. The molecule has 1 amide bonds. The maximum Gasteiger partial charge on any atom is 0.255 e. The fourth-order valence-electron chi connectivity index (χ4n) is 3.30. The highest BCUT2D eigenvalue weighted by Crippen LogP contribution is 2.26. The van der Waals surface area contributed by atoms with Crippen molar-refractivity contribution < 1.29 is 9.53 Å². The molecule has 0 atom stereocenters. The lowest BCUT2D eigenvalue weighted by atomic mass is 10.1. The van der Waals surface area contributed by atoms with Crippen LogP contribution in [0.1, 0.15) is 27.0 Å². The Morgan fingerprint density at radius 2 is 1.79 bits per heavy atom. The summed E-state index contributed by atoms with van der Waals surface area (Å²) < 4.78 is 7.55. The fourth-order valence-corrected chi connectivity index (χ4v) is 4.05. The quantitative estimate of drug-likeness (QED) is 0.296. The normalized spacial score (nSPS) is 10.8. The van der Waals surface area contributed by atoms with Gasteiger partial charge in [-0.1, -0.05) is 53.0 Å². The minimum Gasteiger partial charge on any atom is -0.489 e. The summed E-state index contributed by atoms with van der Waals surface area (Å²) in [5.74, 6) is 0.509. The molecule has 1 aromatic heterocycles. The van der Waals surface area contributed by atoms with Gasteiger partial charge in [0.1, 0.15) is 12.4 Å². The maximum atomic E-state index is 12.8. The van der Waals surface area contributed by atoms with E-state index in [9.17, 15) is 4.79 Å². The average Bonchev–Trinajstić information content (AvgIpc) is 3.23. The van der Waals surface area contributed by atoms with E-state index in [1.807, 2.05) is 31.2 Å². The zero-order valence-corrected chi connectivity index (χ0v) is 20.0. The summed E-state index contributed by atoms with van der Waals surface area (Å²) in [4.78, 5) is 12.8. The number of halogens is 3. The number of benzene rings is 3. The first kappa shape index (κ1) is 23.2. The number of aromatic nitrogens is 2. The number of hydrogen-bond donors (Lipinski definition) is 1. The molecular formula is C25H20Cl3N3O2. The molecule has 1 heterocycles. The van der Waals surface area contributed by atoms with Gasteiger partial charge in [0.05, 0.1) is 18.4 Å². The van der Waals surface area contributed by atoms with E-state index in [0.29, 0.717) is 39.5 Å². The summed E-state index contributed by atoms with van der Waals surface area (Å²) >= 11 is 18.5. The molecule has 0 aliphatic carbocycles. The van der Waals surface area contributed by atoms with Crippen LogP contribution in [0.25, 0.3) is 0 Å². The molecule has 0 bridgehead atoms. The molecule has 0 saturated heterocycles. The maximum absolute atomic E-state index is 12.8. The number of carbonyl (C=O) groups is 1. The number of nitrogens with one attached hydrogen (secondary N) is 1. The second-order valence-corrected chi connectivity index (χ2v) is 8.73. The number of anilines is 1. The second kappa shape index (κ2) is 10.3. The molecule has 1 N–H and O–H groups in total. The van der Waals surface area contributed by atoms with E-state index in [4.69, 9.17) is 39.5 Å². The molecular weight excluding hydrogens is 481 g/mol. The van der Waals surface area contributed by atoms with Crippen LogP contribution in [0.4, 0.5) is 5.69 Å². The molecule has 5 nitrogen and oxygen atoms in total. The van der Waals surface area contributed by atoms with E-state index in [0.717, 1.165) is 22.4 Å². The van der Waals surface area contributed by atoms with Crippen LogP contribution in [0.15, 0.2) is 73.1 Å². The van der Waals surface area contributed by atoms with Gasteiger partial charge >= 0.3 is 0 Å². The Kier molecular flexibility index (Phi) is 7.23.